The van der Waals surface area contributed by atoms with Crippen LogP contribution in [0.4, 0.5) is 4.39 Å². The number of halogens is 2. The molecule has 27 heavy (non-hydrogen) atoms. The molecule has 7 heteroatoms. The van der Waals surface area contributed by atoms with Crippen LogP contribution in [0.2, 0.25) is 0 Å². The van der Waals surface area contributed by atoms with Gasteiger partial charge in [0, 0.05) is 37.8 Å². The highest BCUT2D eigenvalue weighted by molar-refractivity contribution is 6.21. The summed E-state index contributed by atoms with van der Waals surface area (Å²) in [6, 6.07) is 9.28. The summed E-state index contributed by atoms with van der Waals surface area (Å²) in [5.41, 5.74) is 7.01. The van der Waals surface area contributed by atoms with E-state index in [0.29, 0.717) is 30.6 Å². The van der Waals surface area contributed by atoms with Crippen molar-refractivity contribution in [1.29, 1.82) is 0 Å². The molecule has 0 spiro atoms. The van der Waals surface area contributed by atoms with Gasteiger partial charge in [-0.15, -0.1) is 11.6 Å². The fourth-order valence-electron chi connectivity index (χ4n) is 3.50. The number of carbonyl (C=O) groups is 1. The van der Waals surface area contributed by atoms with E-state index in [4.69, 9.17) is 17.3 Å². The molecule has 1 aromatic heterocycles. The molecule has 1 aromatic carbocycles. The van der Waals surface area contributed by atoms with Gasteiger partial charge < -0.3 is 16.0 Å². The van der Waals surface area contributed by atoms with Gasteiger partial charge in [-0.05, 0) is 24.5 Å². The fourth-order valence-corrected chi connectivity index (χ4v) is 3.89. The van der Waals surface area contributed by atoms with E-state index in [0.717, 1.165) is 11.9 Å². The molecule has 146 valence electrons. The van der Waals surface area contributed by atoms with E-state index in [1.54, 1.807) is 12.3 Å². The predicted molar refractivity (Wildman–Crippen MR) is 107 cm³/mol. The topological polar surface area (TPSA) is 71.2 Å². The minimum Gasteiger partial charge on any atom is -0.350 e. The van der Waals surface area contributed by atoms with E-state index in [-0.39, 0.29) is 30.4 Å². The maximum Gasteiger partial charge on any atom is 0.253 e. The summed E-state index contributed by atoms with van der Waals surface area (Å²) in [6.07, 6.45) is 2.32. The molecule has 1 fully saturated rings. The first kappa shape index (κ1) is 20.0. The third-order valence-electron chi connectivity index (χ3n) is 5.22. The van der Waals surface area contributed by atoms with E-state index in [2.05, 4.69) is 15.2 Å². The van der Waals surface area contributed by atoms with Crippen LogP contribution in [-0.2, 0) is 0 Å². The number of para-hydroxylation sites is 1. The van der Waals surface area contributed by atoms with Crippen LogP contribution in [0, 0.1) is 5.92 Å². The normalized spacial score (nSPS) is 24.7. The largest absolute Gasteiger partial charge is 0.350 e. The number of piperidine rings is 1. The summed E-state index contributed by atoms with van der Waals surface area (Å²) in [5, 5.41) is 3.53. The second kappa shape index (κ2) is 8.50. The summed E-state index contributed by atoms with van der Waals surface area (Å²) in [5.74, 6) is -0.223. The molecule has 3 N–H and O–H groups in total. The molecular formula is C20H26ClFN4O. The Labute approximate surface area is 164 Å². The number of alkyl halides is 2. The Morgan fingerprint density at radius 3 is 3.00 bits per heavy atom. The Balaban J connectivity index is 1.63. The number of pyridine rings is 1. The second-order valence-electron chi connectivity index (χ2n) is 7.53. The number of nitrogens with one attached hydrogen (secondary N) is 1. The lowest BCUT2D eigenvalue weighted by Gasteiger charge is -2.43. The maximum atomic E-state index is 12.7. The Morgan fingerprint density at radius 1 is 1.48 bits per heavy atom. The number of rotatable bonds is 6. The van der Waals surface area contributed by atoms with Crippen molar-refractivity contribution in [2.45, 2.75) is 24.3 Å². The predicted octanol–water partition coefficient (Wildman–Crippen LogP) is 2.58. The third kappa shape index (κ3) is 4.57. The average molecular weight is 393 g/mol. The number of nitrogens with two attached hydrogens (primary N) is 1. The highest BCUT2D eigenvalue weighted by Crippen LogP contribution is 2.25. The van der Waals surface area contributed by atoms with Crippen LogP contribution in [0.25, 0.3) is 10.9 Å². The van der Waals surface area contributed by atoms with Crippen LogP contribution in [0.5, 0.6) is 0 Å². The first-order valence-corrected chi connectivity index (χ1v) is 9.70. The average Bonchev–Trinajstić information content (AvgIpc) is 2.68. The van der Waals surface area contributed by atoms with E-state index >= 15 is 0 Å². The van der Waals surface area contributed by atoms with Crippen LogP contribution in [-0.4, -0.2) is 59.6 Å². The highest BCUT2D eigenvalue weighted by Gasteiger charge is 2.39. The Hall–Kier alpha value is -1.76. The van der Waals surface area contributed by atoms with Crippen LogP contribution >= 0.6 is 11.6 Å². The number of amides is 1. The lowest BCUT2D eigenvalue weighted by molar-refractivity contribution is 0.0922. The molecule has 1 aliphatic rings. The number of benzene rings is 1. The molecule has 1 aliphatic heterocycles. The SMILES string of the molecule is CC(CF)CN1CCC(N)(CNC(=O)c2cccc3cccnc23)C(Cl)C1. The van der Waals surface area contributed by atoms with Gasteiger partial charge in [-0.2, -0.15) is 0 Å². The van der Waals surface area contributed by atoms with Crippen molar-refractivity contribution >= 4 is 28.4 Å². The molecule has 2 aromatic rings. The Morgan fingerprint density at radius 2 is 2.26 bits per heavy atom. The smallest absolute Gasteiger partial charge is 0.253 e. The van der Waals surface area contributed by atoms with Crippen LogP contribution in [0.3, 0.4) is 0 Å². The lowest BCUT2D eigenvalue weighted by Crippen LogP contribution is -2.63. The summed E-state index contributed by atoms with van der Waals surface area (Å²) in [6.45, 7) is 3.84. The zero-order valence-electron chi connectivity index (χ0n) is 15.5. The summed E-state index contributed by atoms with van der Waals surface area (Å²) in [7, 11) is 0. The van der Waals surface area contributed by atoms with Gasteiger partial charge in [-0.3, -0.25) is 14.2 Å². The molecule has 3 rings (SSSR count). The van der Waals surface area contributed by atoms with Gasteiger partial charge in [0.05, 0.1) is 28.7 Å². The Kier molecular flexibility index (Phi) is 6.29. The first-order valence-electron chi connectivity index (χ1n) is 9.26. The fraction of sp³-hybridized carbons (Fsp3) is 0.500. The number of aromatic nitrogens is 1. The Bertz CT molecular complexity index is 799. The maximum absolute atomic E-state index is 12.7. The first-order chi connectivity index (χ1) is 12.9. The van der Waals surface area contributed by atoms with Crippen molar-refractivity contribution in [3.8, 4) is 0 Å². The minimum absolute atomic E-state index is 0.0160. The third-order valence-corrected chi connectivity index (χ3v) is 5.80. The van der Waals surface area contributed by atoms with Crippen molar-refractivity contribution in [3.05, 3.63) is 42.1 Å². The highest BCUT2D eigenvalue weighted by atomic mass is 35.5. The van der Waals surface area contributed by atoms with E-state index in [9.17, 15) is 9.18 Å². The number of hydrogen-bond donors (Lipinski definition) is 2. The van der Waals surface area contributed by atoms with Gasteiger partial charge in [-0.25, -0.2) is 0 Å². The number of likely N-dealkylation sites (tertiary alicyclic amines) is 1. The molecule has 0 bridgehead atoms. The molecule has 0 aliphatic carbocycles. The zero-order chi connectivity index (χ0) is 19.4. The molecule has 5 nitrogen and oxygen atoms in total. The number of nitrogens with zero attached hydrogens (tertiary/aromatic N) is 2. The van der Waals surface area contributed by atoms with Gasteiger partial charge in [0.2, 0.25) is 0 Å². The van der Waals surface area contributed by atoms with E-state index < -0.39 is 5.54 Å². The van der Waals surface area contributed by atoms with Crippen molar-refractivity contribution in [3.63, 3.8) is 0 Å². The summed E-state index contributed by atoms with van der Waals surface area (Å²) < 4.78 is 12.7. The van der Waals surface area contributed by atoms with Crippen LogP contribution in [0.1, 0.15) is 23.7 Å². The van der Waals surface area contributed by atoms with Gasteiger partial charge in [0.25, 0.3) is 5.91 Å². The molecule has 3 unspecified atom stereocenters. The van der Waals surface area contributed by atoms with Crippen LogP contribution < -0.4 is 11.1 Å². The lowest BCUT2D eigenvalue weighted by atomic mass is 9.87. The van der Waals surface area contributed by atoms with Gasteiger partial charge >= 0.3 is 0 Å². The number of carbonyl (C=O) groups excluding carboxylic acids is 1. The zero-order valence-corrected chi connectivity index (χ0v) is 16.3. The number of hydrogen-bond acceptors (Lipinski definition) is 4. The van der Waals surface area contributed by atoms with Gasteiger partial charge in [-0.1, -0.05) is 25.1 Å². The molecule has 0 radical (unpaired) electrons. The molecule has 1 saturated heterocycles. The van der Waals surface area contributed by atoms with Crippen LogP contribution in [0.15, 0.2) is 36.5 Å². The van der Waals surface area contributed by atoms with Crippen molar-refractivity contribution in [2.75, 3.05) is 32.9 Å². The summed E-state index contributed by atoms with van der Waals surface area (Å²) in [4.78, 5) is 19.2. The summed E-state index contributed by atoms with van der Waals surface area (Å²) >= 11 is 6.55. The van der Waals surface area contributed by atoms with Crippen molar-refractivity contribution in [2.24, 2.45) is 11.7 Å². The standard InChI is InChI=1S/C20H26ClFN4O/c1-14(10-22)11-26-9-7-20(23,17(21)12-26)13-25-19(27)16-6-2-4-15-5-3-8-24-18(15)16/h2-6,8,14,17H,7,9-13,23H2,1H3,(H,25,27). The monoisotopic (exact) mass is 392 g/mol. The van der Waals surface area contributed by atoms with Crippen molar-refractivity contribution < 1.29 is 9.18 Å². The van der Waals surface area contributed by atoms with E-state index in [1.807, 2.05) is 31.2 Å². The molecule has 2 heterocycles. The van der Waals surface area contributed by atoms with Gasteiger partial charge in [0.1, 0.15) is 0 Å². The molecule has 3 atom stereocenters. The van der Waals surface area contributed by atoms with Crippen molar-refractivity contribution in [1.82, 2.24) is 15.2 Å². The van der Waals surface area contributed by atoms with Gasteiger partial charge in [0.15, 0.2) is 0 Å². The second-order valence-corrected chi connectivity index (χ2v) is 8.06. The number of fused-ring (bicyclic) bond motifs is 1. The van der Waals surface area contributed by atoms with E-state index in [1.165, 1.54) is 0 Å². The molecule has 1 amide bonds. The molecular weight excluding hydrogens is 367 g/mol. The minimum atomic E-state index is -0.690. The molecule has 0 saturated carbocycles. The quantitative estimate of drug-likeness (QED) is 0.741.